The van der Waals surface area contributed by atoms with Crippen molar-refractivity contribution >= 4 is 44.0 Å². The molecule has 0 bridgehead atoms. The maximum Gasteiger partial charge on any atom is 0.416 e. The van der Waals surface area contributed by atoms with Crippen molar-refractivity contribution < 1.29 is 13.2 Å². The number of nitrogens with one attached hydrogen (secondary N) is 1. The number of rotatable bonds is 1. The zero-order valence-corrected chi connectivity index (χ0v) is 15.0. The number of imidazole rings is 1. The average Bonchev–Trinajstić information content (AvgIpc) is 3.13. The van der Waals surface area contributed by atoms with Crippen molar-refractivity contribution in [3.63, 3.8) is 0 Å². The normalized spacial score (nSPS) is 12.2. The molecule has 4 nitrogen and oxygen atoms in total. The van der Waals surface area contributed by atoms with Gasteiger partial charge in [-0.1, -0.05) is 24.3 Å². The first-order chi connectivity index (χ1) is 13.8. The molecule has 0 aliphatic heterocycles. The van der Waals surface area contributed by atoms with Gasteiger partial charge in [-0.3, -0.25) is 0 Å². The summed E-state index contributed by atoms with van der Waals surface area (Å²) in [5, 5.41) is 3.51. The number of benzene rings is 4. The quantitative estimate of drug-likeness (QED) is 0.252. The molecule has 0 aliphatic carbocycles. The van der Waals surface area contributed by atoms with E-state index in [1.165, 1.54) is 6.07 Å². The molecule has 1 aromatic heterocycles. The fourth-order valence-corrected chi connectivity index (χ4v) is 3.74. The Labute approximate surface area is 163 Å². The Kier molecular flexibility index (Phi) is 3.52. The van der Waals surface area contributed by atoms with Crippen molar-refractivity contribution in [2.75, 3.05) is 11.5 Å². The third-order valence-electron chi connectivity index (χ3n) is 5.07. The highest BCUT2D eigenvalue weighted by Gasteiger charge is 2.30. The molecule has 0 radical (unpaired) electrons. The minimum absolute atomic E-state index is 0.364. The molecule has 0 spiro atoms. The molecule has 0 aliphatic rings. The molecule has 0 fully saturated rings. The molecule has 0 saturated carbocycles. The highest BCUT2D eigenvalue weighted by molar-refractivity contribution is 6.24. The van der Waals surface area contributed by atoms with E-state index in [4.69, 9.17) is 11.5 Å². The number of halogens is 3. The van der Waals surface area contributed by atoms with Gasteiger partial charge in [0.2, 0.25) is 0 Å². The van der Waals surface area contributed by atoms with E-state index < -0.39 is 11.7 Å². The van der Waals surface area contributed by atoms with Crippen LogP contribution in [0.25, 0.3) is 44.0 Å². The largest absolute Gasteiger partial charge is 0.416 e. The number of anilines is 2. The summed E-state index contributed by atoms with van der Waals surface area (Å²) in [5.41, 5.74) is 14.2. The van der Waals surface area contributed by atoms with Crippen LogP contribution < -0.4 is 11.5 Å². The predicted octanol–water partition coefficient (Wildman–Crippen LogP) is 5.72. The number of nitrogen functional groups attached to an aromatic ring is 2. The number of alkyl halides is 3. The summed E-state index contributed by atoms with van der Waals surface area (Å²) in [6.45, 7) is 0. The zero-order valence-electron chi connectivity index (χ0n) is 15.0. The van der Waals surface area contributed by atoms with E-state index in [1.54, 1.807) is 18.2 Å². The van der Waals surface area contributed by atoms with Gasteiger partial charge in [0.05, 0.1) is 16.6 Å². The van der Waals surface area contributed by atoms with Gasteiger partial charge in [0.1, 0.15) is 5.82 Å². The van der Waals surface area contributed by atoms with Crippen LogP contribution in [0.15, 0.2) is 60.7 Å². The molecule has 0 saturated heterocycles. The van der Waals surface area contributed by atoms with E-state index in [1.807, 2.05) is 24.3 Å². The van der Waals surface area contributed by atoms with Crippen LogP contribution in [0.5, 0.6) is 0 Å². The number of aromatic nitrogens is 2. The monoisotopic (exact) mass is 392 g/mol. The van der Waals surface area contributed by atoms with Crippen LogP contribution >= 0.6 is 0 Å². The van der Waals surface area contributed by atoms with Gasteiger partial charge >= 0.3 is 6.18 Å². The maximum atomic E-state index is 13.1. The molecule has 0 amide bonds. The fraction of sp³-hybridized carbons (Fsp3) is 0.0455. The molecule has 5 rings (SSSR count). The van der Waals surface area contributed by atoms with Crippen LogP contribution in [0.3, 0.4) is 0 Å². The molecular weight excluding hydrogens is 377 g/mol. The standard InChI is InChI=1S/C22H15F3N4/c23-22(24,25)12-3-1-2-11(8-12)21-28-19-15-6-4-13(26)9-17(15)18-10-14(27)5-7-16(18)20(19)29-21/h1-10H,26-27H2,(H,28,29). The number of nitrogens with zero attached hydrogens (tertiary/aromatic N) is 1. The van der Waals surface area contributed by atoms with E-state index in [0.717, 1.165) is 39.2 Å². The van der Waals surface area contributed by atoms with Crippen molar-refractivity contribution in [1.82, 2.24) is 9.97 Å². The molecule has 5 aromatic rings. The van der Waals surface area contributed by atoms with E-state index in [2.05, 4.69) is 9.97 Å². The van der Waals surface area contributed by atoms with Gasteiger partial charge in [-0.05, 0) is 47.2 Å². The summed E-state index contributed by atoms with van der Waals surface area (Å²) in [7, 11) is 0. The molecule has 5 N–H and O–H groups in total. The van der Waals surface area contributed by atoms with Crippen LogP contribution in [0.4, 0.5) is 24.5 Å². The minimum atomic E-state index is -4.42. The highest BCUT2D eigenvalue weighted by Crippen LogP contribution is 2.38. The highest BCUT2D eigenvalue weighted by atomic mass is 19.4. The molecule has 144 valence electrons. The van der Waals surface area contributed by atoms with Crippen LogP contribution in [0.2, 0.25) is 0 Å². The van der Waals surface area contributed by atoms with E-state index in [9.17, 15) is 13.2 Å². The SMILES string of the molecule is Nc1ccc2c(c1)c1cc(N)ccc1c1[nH]c(-c3cccc(C(F)(F)F)c3)nc21. The first kappa shape index (κ1) is 17.4. The topological polar surface area (TPSA) is 80.7 Å². The second-order valence-corrected chi connectivity index (χ2v) is 7.00. The van der Waals surface area contributed by atoms with Gasteiger partial charge in [0, 0.05) is 27.7 Å². The molecule has 0 unspecified atom stereocenters. The summed E-state index contributed by atoms with van der Waals surface area (Å²) in [6.07, 6.45) is -4.42. The van der Waals surface area contributed by atoms with Crippen LogP contribution in [0, 0.1) is 0 Å². The minimum Gasteiger partial charge on any atom is -0.399 e. The smallest absolute Gasteiger partial charge is 0.399 e. The van der Waals surface area contributed by atoms with E-state index in [0.29, 0.717) is 28.3 Å². The lowest BCUT2D eigenvalue weighted by molar-refractivity contribution is -0.137. The van der Waals surface area contributed by atoms with E-state index in [-0.39, 0.29) is 0 Å². The third kappa shape index (κ3) is 2.74. The Hall–Kier alpha value is -3.74. The Morgan fingerprint density at radius 1 is 0.759 bits per heavy atom. The number of fused-ring (bicyclic) bond motifs is 6. The number of aromatic amines is 1. The van der Waals surface area contributed by atoms with Crippen LogP contribution in [-0.4, -0.2) is 9.97 Å². The van der Waals surface area contributed by atoms with Gasteiger partial charge in [-0.15, -0.1) is 0 Å². The number of hydrogen-bond acceptors (Lipinski definition) is 3. The summed E-state index contributed by atoms with van der Waals surface area (Å²) < 4.78 is 39.4. The van der Waals surface area contributed by atoms with Crippen molar-refractivity contribution in [3.8, 4) is 11.4 Å². The lowest BCUT2D eigenvalue weighted by Gasteiger charge is -2.08. The molecule has 1 heterocycles. The second kappa shape index (κ2) is 5.88. The van der Waals surface area contributed by atoms with Crippen molar-refractivity contribution in [1.29, 1.82) is 0 Å². The molecule has 4 aromatic carbocycles. The summed E-state index contributed by atoms with van der Waals surface area (Å²) in [5.74, 6) is 0.369. The molecule has 29 heavy (non-hydrogen) atoms. The maximum absolute atomic E-state index is 13.1. The summed E-state index contributed by atoms with van der Waals surface area (Å²) in [6, 6.07) is 16.1. The van der Waals surface area contributed by atoms with Gasteiger partial charge in [0.25, 0.3) is 0 Å². The summed E-state index contributed by atoms with van der Waals surface area (Å²) in [4.78, 5) is 7.85. The molecular formula is C22H15F3N4. The number of hydrogen-bond donors (Lipinski definition) is 3. The lowest BCUT2D eigenvalue weighted by atomic mass is 9.99. The number of H-pyrrole nitrogens is 1. The average molecular weight is 392 g/mol. The Balaban J connectivity index is 1.86. The molecule has 0 atom stereocenters. The van der Waals surface area contributed by atoms with Gasteiger partial charge in [0.15, 0.2) is 0 Å². The van der Waals surface area contributed by atoms with Gasteiger partial charge < -0.3 is 16.5 Å². The Morgan fingerprint density at radius 2 is 1.41 bits per heavy atom. The van der Waals surface area contributed by atoms with Crippen molar-refractivity contribution in [3.05, 3.63) is 66.2 Å². The zero-order chi connectivity index (χ0) is 20.3. The second-order valence-electron chi connectivity index (χ2n) is 7.00. The van der Waals surface area contributed by atoms with Crippen LogP contribution in [-0.2, 0) is 6.18 Å². The Morgan fingerprint density at radius 3 is 2.10 bits per heavy atom. The molecule has 7 heteroatoms. The predicted molar refractivity (Wildman–Crippen MR) is 110 cm³/mol. The lowest BCUT2D eigenvalue weighted by Crippen LogP contribution is -2.04. The first-order valence-corrected chi connectivity index (χ1v) is 8.89. The van der Waals surface area contributed by atoms with E-state index >= 15 is 0 Å². The number of nitrogens with two attached hydrogens (primary N) is 2. The Bertz CT molecular complexity index is 1340. The van der Waals surface area contributed by atoms with Crippen molar-refractivity contribution in [2.45, 2.75) is 6.18 Å². The van der Waals surface area contributed by atoms with Crippen LogP contribution in [0.1, 0.15) is 5.56 Å². The van der Waals surface area contributed by atoms with Gasteiger partial charge in [-0.2, -0.15) is 13.2 Å². The first-order valence-electron chi connectivity index (χ1n) is 8.89. The van der Waals surface area contributed by atoms with Gasteiger partial charge in [-0.25, -0.2) is 4.98 Å². The van der Waals surface area contributed by atoms with Crippen molar-refractivity contribution in [2.24, 2.45) is 0 Å². The third-order valence-corrected chi connectivity index (χ3v) is 5.07. The summed E-state index contributed by atoms with van der Waals surface area (Å²) >= 11 is 0. The fourth-order valence-electron chi connectivity index (χ4n) is 3.74.